The second-order valence-corrected chi connectivity index (χ2v) is 4.20. The van der Waals surface area contributed by atoms with E-state index in [1.807, 2.05) is 20.8 Å². The number of anilines is 1. The highest BCUT2D eigenvalue weighted by Crippen LogP contribution is 2.12. The number of nitrogens with one attached hydrogen (secondary N) is 1. The molecule has 0 atom stereocenters. The highest BCUT2D eigenvalue weighted by molar-refractivity contribution is 5.76. The molecular weight excluding hydrogens is 240 g/mol. The third kappa shape index (κ3) is 4.25. The summed E-state index contributed by atoms with van der Waals surface area (Å²) in [5.74, 6) is 0.665. The topological polar surface area (TPSA) is 69.0 Å². The minimum atomic E-state index is 0.115. The molecule has 5 heteroatoms. The fourth-order valence-corrected chi connectivity index (χ4v) is 1.80. The number of aromatic nitrogens is 1. The normalized spacial score (nSPS) is 9.79. The van der Waals surface area contributed by atoms with Crippen LogP contribution in [-0.2, 0) is 4.79 Å². The Kier molecular flexibility index (Phi) is 5.80. The van der Waals surface area contributed by atoms with Crippen molar-refractivity contribution in [1.82, 2.24) is 9.88 Å². The average molecular weight is 260 g/mol. The van der Waals surface area contributed by atoms with Gasteiger partial charge in [-0.15, -0.1) is 0 Å². The molecule has 1 aromatic heterocycles. The Balaban J connectivity index is 2.56. The number of hydrogen-bond acceptors (Lipinski definition) is 4. The number of nitrogens with zero attached hydrogens (tertiary/aromatic N) is 3. The smallest absolute Gasteiger partial charge is 0.224 e. The van der Waals surface area contributed by atoms with E-state index in [1.165, 1.54) is 0 Å². The molecule has 0 spiro atoms. The van der Waals surface area contributed by atoms with Crippen LogP contribution in [0.15, 0.2) is 12.1 Å². The van der Waals surface area contributed by atoms with E-state index >= 15 is 0 Å². The molecule has 5 nitrogen and oxygen atoms in total. The lowest BCUT2D eigenvalue weighted by Gasteiger charge is -2.18. The second kappa shape index (κ2) is 7.37. The molecule has 1 amide bonds. The van der Waals surface area contributed by atoms with Crippen LogP contribution in [0.5, 0.6) is 0 Å². The number of amides is 1. The van der Waals surface area contributed by atoms with E-state index in [2.05, 4.69) is 16.4 Å². The lowest BCUT2D eigenvalue weighted by Crippen LogP contribution is -2.31. The summed E-state index contributed by atoms with van der Waals surface area (Å²) in [4.78, 5) is 17.9. The van der Waals surface area contributed by atoms with Gasteiger partial charge in [0.05, 0.1) is 5.56 Å². The van der Waals surface area contributed by atoms with Crippen molar-refractivity contribution in [3.05, 3.63) is 23.4 Å². The monoisotopic (exact) mass is 260 g/mol. The summed E-state index contributed by atoms with van der Waals surface area (Å²) in [6.07, 6.45) is 0.405. The Morgan fingerprint density at radius 1 is 1.42 bits per heavy atom. The van der Waals surface area contributed by atoms with Gasteiger partial charge in [-0.25, -0.2) is 4.98 Å². The van der Waals surface area contributed by atoms with Crippen LogP contribution in [0, 0.1) is 18.3 Å². The summed E-state index contributed by atoms with van der Waals surface area (Å²) < 4.78 is 0. The van der Waals surface area contributed by atoms with Gasteiger partial charge >= 0.3 is 0 Å². The molecule has 0 bridgehead atoms. The first kappa shape index (κ1) is 15.0. The number of hydrogen-bond donors (Lipinski definition) is 1. The molecule has 0 saturated heterocycles. The molecule has 0 unspecified atom stereocenters. The lowest BCUT2D eigenvalue weighted by atomic mass is 10.2. The highest BCUT2D eigenvalue weighted by atomic mass is 16.2. The largest absolute Gasteiger partial charge is 0.368 e. The Bertz CT molecular complexity index is 475. The van der Waals surface area contributed by atoms with Gasteiger partial charge < -0.3 is 10.2 Å². The number of carbonyl (C=O) groups excluding carboxylic acids is 1. The maximum Gasteiger partial charge on any atom is 0.224 e. The van der Waals surface area contributed by atoms with Gasteiger partial charge in [-0.2, -0.15) is 5.26 Å². The quantitative estimate of drug-likeness (QED) is 0.848. The van der Waals surface area contributed by atoms with Crippen molar-refractivity contribution in [3.63, 3.8) is 0 Å². The van der Waals surface area contributed by atoms with Gasteiger partial charge in [-0.1, -0.05) is 0 Å². The van der Waals surface area contributed by atoms with Gasteiger partial charge in [0.1, 0.15) is 11.9 Å². The first-order valence-electron chi connectivity index (χ1n) is 6.51. The van der Waals surface area contributed by atoms with Gasteiger partial charge in [0.2, 0.25) is 5.91 Å². The fraction of sp³-hybridized carbons (Fsp3) is 0.500. The number of carbonyl (C=O) groups is 1. The fourth-order valence-electron chi connectivity index (χ4n) is 1.80. The summed E-state index contributed by atoms with van der Waals surface area (Å²) >= 11 is 0. The van der Waals surface area contributed by atoms with Gasteiger partial charge in [0.15, 0.2) is 0 Å². The molecule has 102 valence electrons. The molecule has 0 fully saturated rings. The second-order valence-electron chi connectivity index (χ2n) is 4.20. The SMILES string of the molecule is CCN(CC)C(=O)CCNc1nc(C)ccc1C#N. The van der Waals surface area contributed by atoms with E-state index in [0.717, 1.165) is 18.8 Å². The number of pyridine rings is 1. The molecule has 0 aliphatic heterocycles. The Morgan fingerprint density at radius 3 is 2.68 bits per heavy atom. The van der Waals surface area contributed by atoms with Crippen LogP contribution in [0.1, 0.15) is 31.5 Å². The highest BCUT2D eigenvalue weighted by Gasteiger charge is 2.09. The van der Waals surface area contributed by atoms with Gasteiger partial charge in [0, 0.05) is 31.7 Å². The molecule has 0 saturated carbocycles. The molecule has 0 aliphatic rings. The molecule has 0 radical (unpaired) electrons. The van der Waals surface area contributed by atoms with E-state index in [1.54, 1.807) is 17.0 Å². The van der Waals surface area contributed by atoms with Crippen molar-refractivity contribution in [3.8, 4) is 6.07 Å². The first-order chi connectivity index (χ1) is 9.12. The predicted molar refractivity (Wildman–Crippen MR) is 74.7 cm³/mol. The molecule has 1 heterocycles. The Labute approximate surface area is 114 Å². The summed E-state index contributed by atoms with van der Waals surface area (Å²) in [5, 5.41) is 12.0. The van der Waals surface area contributed by atoms with Gasteiger partial charge in [0.25, 0.3) is 0 Å². The van der Waals surface area contributed by atoms with Gasteiger partial charge in [-0.05, 0) is 32.9 Å². The third-order valence-corrected chi connectivity index (χ3v) is 2.90. The van der Waals surface area contributed by atoms with Crippen LogP contribution in [0.2, 0.25) is 0 Å². The average Bonchev–Trinajstić information content (AvgIpc) is 2.40. The summed E-state index contributed by atoms with van der Waals surface area (Å²) in [6.45, 7) is 7.73. The molecular formula is C14H20N4O. The van der Waals surface area contributed by atoms with Crippen LogP contribution in [-0.4, -0.2) is 35.4 Å². The molecule has 1 rings (SSSR count). The molecule has 19 heavy (non-hydrogen) atoms. The van der Waals surface area contributed by atoms with Crippen molar-refractivity contribution in [1.29, 1.82) is 5.26 Å². The van der Waals surface area contributed by atoms with Crippen molar-refractivity contribution in [2.24, 2.45) is 0 Å². The maximum absolute atomic E-state index is 11.8. The zero-order valence-corrected chi connectivity index (χ0v) is 11.7. The van der Waals surface area contributed by atoms with Crippen LogP contribution >= 0.6 is 0 Å². The third-order valence-electron chi connectivity index (χ3n) is 2.90. The number of rotatable bonds is 6. The van der Waals surface area contributed by atoms with Crippen LogP contribution in [0.25, 0.3) is 0 Å². The standard InChI is InChI=1S/C14H20N4O/c1-4-18(5-2)13(19)8-9-16-14-12(10-15)7-6-11(3)17-14/h6-7H,4-5,8-9H2,1-3H3,(H,16,17). The molecule has 0 aliphatic carbocycles. The Morgan fingerprint density at radius 2 is 2.11 bits per heavy atom. The minimum absolute atomic E-state index is 0.115. The van der Waals surface area contributed by atoms with Crippen LogP contribution < -0.4 is 5.32 Å². The van der Waals surface area contributed by atoms with E-state index in [4.69, 9.17) is 5.26 Å². The zero-order valence-electron chi connectivity index (χ0n) is 11.7. The van der Waals surface area contributed by atoms with Crippen molar-refractivity contribution in [2.45, 2.75) is 27.2 Å². The first-order valence-corrected chi connectivity index (χ1v) is 6.51. The summed E-state index contributed by atoms with van der Waals surface area (Å²) in [5.41, 5.74) is 1.34. The van der Waals surface area contributed by atoms with E-state index in [0.29, 0.717) is 24.3 Å². The number of nitriles is 1. The van der Waals surface area contributed by atoms with Crippen LogP contribution in [0.3, 0.4) is 0 Å². The molecule has 1 aromatic rings. The molecule has 1 N–H and O–H groups in total. The predicted octanol–water partition coefficient (Wildman–Crippen LogP) is 1.93. The van der Waals surface area contributed by atoms with Crippen molar-refractivity contribution >= 4 is 11.7 Å². The number of aryl methyl sites for hydroxylation is 1. The Hall–Kier alpha value is -2.09. The van der Waals surface area contributed by atoms with Crippen molar-refractivity contribution in [2.75, 3.05) is 25.0 Å². The van der Waals surface area contributed by atoms with E-state index in [-0.39, 0.29) is 5.91 Å². The lowest BCUT2D eigenvalue weighted by molar-refractivity contribution is -0.130. The van der Waals surface area contributed by atoms with Crippen molar-refractivity contribution < 1.29 is 4.79 Å². The maximum atomic E-state index is 11.8. The minimum Gasteiger partial charge on any atom is -0.368 e. The molecule has 0 aromatic carbocycles. The van der Waals surface area contributed by atoms with E-state index in [9.17, 15) is 4.79 Å². The van der Waals surface area contributed by atoms with E-state index < -0.39 is 0 Å². The summed E-state index contributed by atoms with van der Waals surface area (Å²) in [7, 11) is 0. The zero-order chi connectivity index (χ0) is 14.3. The van der Waals surface area contributed by atoms with Crippen LogP contribution in [0.4, 0.5) is 5.82 Å². The summed E-state index contributed by atoms with van der Waals surface area (Å²) in [6, 6.07) is 5.62. The van der Waals surface area contributed by atoms with Gasteiger partial charge in [-0.3, -0.25) is 4.79 Å².